The topological polar surface area (TPSA) is 62.5 Å². The van der Waals surface area contributed by atoms with Crippen molar-refractivity contribution >= 4 is 11.9 Å². The number of aromatic nitrogens is 2. The molecule has 0 spiro atoms. The Bertz CT molecular complexity index is 711. The van der Waals surface area contributed by atoms with Gasteiger partial charge >= 0.3 is 0 Å². The van der Waals surface area contributed by atoms with Gasteiger partial charge in [0.05, 0.1) is 0 Å². The number of carbonyl (C=O) groups is 1. The fraction of sp³-hybridized carbons (Fsp3) is 0.500. The van der Waals surface area contributed by atoms with Crippen molar-refractivity contribution in [2.45, 2.75) is 38.1 Å². The van der Waals surface area contributed by atoms with Crippen molar-refractivity contribution in [1.29, 1.82) is 0 Å². The van der Waals surface area contributed by atoms with Gasteiger partial charge in [-0.25, -0.2) is 0 Å². The molecule has 3 rings (SSSR count). The van der Waals surface area contributed by atoms with Gasteiger partial charge in [-0.1, -0.05) is 24.3 Å². The molecular formula is C18H24N4O2. The summed E-state index contributed by atoms with van der Waals surface area (Å²) < 4.78 is 5.17. The van der Waals surface area contributed by atoms with E-state index in [1.54, 1.807) is 4.90 Å². The number of nitrogens with zero attached hydrogens (tertiary/aromatic N) is 4. The summed E-state index contributed by atoms with van der Waals surface area (Å²) in [6.07, 6.45) is 3.86. The van der Waals surface area contributed by atoms with Gasteiger partial charge in [0, 0.05) is 40.0 Å². The average Bonchev–Trinajstić information content (AvgIpc) is 3.08. The molecular weight excluding hydrogens is 304 g/mol. The van der Waals surface area contributed by atoms with Crippen molar-refractivity contribution in [2.75, 3.05) is 26.0 Å². The molecule has 0 aliphatic heterocycles. The van der Waals surface area contributed by atoms with Crippen molar-refractivity contribution in [1.82, 2.24) is 15.0 Å². The largest absolute Gasteiger partial charge is 0.344 e. The maximum atomic E-state index is 12.5. The molecule has 0 N–H and O–H groups in total. The van der Waals surface area contributed by atoms with E-state index in [0.29, 0.717) is 24.7 Å². The second kappa shape index (κ2) is 7.03. The van der Waals surface area contributed by atoms with Crippen LogP contribution < -0.4 is 4.90 Å². The standard InChI is InChI=1S/C18H24N4O2/c1-21(2)18-19-16(24-20-18)10-11-17(23)22(3)15-9-8-13-6-4-5-7-14(13)12-15/h4-7,15H,8-12H2,1-3H3. The smallest absolute Gasteiger partial charge is 0.265 e. The molecule has 1 aromatic heterocycles. The van der Waals surface area contributed by atoms with Crippen molar-refractivity contribution in [2.24, 2.45) is 0 Å². The minimum absolute atomic E-state index is 0.129. The molecule has 1 aliphatic carbocycles. The summed E-state index contributed by atoms with van der Waals surface area (Å²) in [5.74, 6) is 1.17. The molecule has 1 atom stereocenters. The third-order valence-electron chi connectivity index (χ3n) is 4.67. The van der Waals surface area contributed by atoms with E-state index in [0.717, 1.165) is 19.3 Å². The lowest BCUT2D eigenvalue weighted by Gasteiger charge is -2.32. The third kappa shape index (κ3) is 3.58. The van der Waals surface area contributed by atoms with Gasteiger partial charge in [0.15, 0.2) is 0 Å². The van der Waals surface area contributed by atoms with Crippen LogP contribution in [0.15, 0.2) is 28.8 Å². The molecule has 1 aliphatic rings. The Labute approximate surface area is 142 Å². The number of benzene rings is 1. The van der Waals surface area contributed by atoms with Gasteiger partial charge in [-0.15, -0.1) is 0 Å². The van der Waals surface area contributed by atoms with E-state index >= 15 is 0 Å². The van der Waals surface area contributed by atoms with Gasteiger partial charge in [0.1, 0.15) is 0 Å². The number of rotatable bonds is 5. The molecule has 0 radical (unpaired) electrons. The second-order valence-electron chi connectivity index (χ2n) is 6.55. The number of carbonyl (C=O) groups excluding carboxylic acids is 1. The molecule has 1 unspecified atom stereocenters. The highest BCUT2D eigenvalue weighted by molar-refractivity contribution is 5.76. The molecule has 6 nitrogen and oxygen atoms in total. The SMILES string of the molecule is CN(C)c1noc(CCC(=O)N(C)C2CCc3ccccc3C2)n1. The molecule has 1 heterocycles. The quantitative estimate of drug-likeness (QED) is 0.841. The van der Waals surface area contributed by atoms with Gasteiger partial charge < -0.3 is 14.3 Å². The fourth-order valence-corrected chi connectivity index (χ4v) is 3.13. The first kappa shape index (κ1) is 16.5. The molecule has 1 aromatic carbocycles. The Morgan fingerprint density at radius 1 is 1.25 bits per heavy atom. The highest BCUT2D eigenvalue weighted by Crippen LogP contribution is 2.24. The molecule has 6 heteroatoms. The summed E-state index contributed by atoms with van der Waals surface area (Å²) in [5.41, 5.74) is 2.78. The summed E-state index contributed by atoms with van der Waals surface area (Å²) >= 11 is 0. The summed E-state index contributed by atoms with van der Waals surface area (Å²) in [4.78, 5) is 20.4. The first-order valence-electron chi connectivity index (χ1n) is 8.37. The van der Waals surface area contributed by atoms with E-state index in [4.69, 9.17) is 4.52 Å². The second-order valence-corrected chi connectivity index (χ2v) is 6.55. The Hall–Kier alpha value is -2.37. The number of fused-ring (bicyclic) bond motifs is 1. The van der Waals surface area contributed by atoms with Gasteiger partial charge in [0.25, 0.3) is 5.95 Å². The van der Waals surface area contributed by atoms with Crippen molar-refractivity contribution in [3.05, 3.63) is 41.3 Å². The zero-order chi connectivity index (χ0) is 17.1. The van der Waals surface area contributed by atoms with E-state index in [-0.39, 0.29) is 11.9 Å². The van der Waals surface area contributed by atoms with Crippen LogP contribution in [-0.2, 0) is 24.1 Å². The molecule has 0 saturated heterocycles. The first-order valence-corrected chi connectivity index (χ1v) is 8.37. The molecule has 128 valence electrons. The van der Waals surface area contributed by atoms with Gasteiger partial charge in [-0.3, -0.25) is 4.79 Å². The predicted molar refractivity (Wildman–Crippen MR) is 92.0 cm³/mol. The lowest BCUT2D eigenvalue weighted by atomic mass is 9.87. The summed E-state index contributed by atoms with van der Waals surface area (Å²) in [5, 5.41) is 3.87. The molecule has 2 aromatic rings. The number of aryl methyl sites for hydroxylation is 2. The zero-order valence-corrected chi connectivity index (χ0v) is 14.5. The maximum absolute atomic E-state index is 12.5. The van der Waals surface area contributed by atoms with Crippen molar-refractivity contribution in [3.63, 3.8) is 0 Å². The highest BCUT2D eigenvalue weighted by atomic mass is 16.5. The van der Waals surface area contributed by atoms with Gasteiger partial charge in [-0.2, -0.15) is 4.98 Å². The maximum Gasteiger partial charge on any atom is 0.265 e. The van der Waals surface area contributed by atoms with E-state index < -0.39 is 0 Å². The van der Waals surface area contributed by atoms with Gasteiger partial charge in [0.2, 0.25) is 11.8 Å². The van der Waals surface area contributed by atoms with Crippen LogP contribution in [0, 0.1) is 0 Å². The fourth-order valence-electron chi connectivity index (χ4n) is 3.13. The van der Waals surface area contributed by atoms with E-state index in [1.807, 2.05) is 26.0 Å². The van der Waals surface area contributed by atoms with Crippen LogP contribution >= 0.6 is 0 Å². The van der Waals surface area contributed by atoms with Crippen molar-refractivity contribution in [3.8, 4) is 0 Å². The van der Waals surface area contributed by atoms with Gasteiger partial charge in [-0.05, 0) is 35.5 Å². The Morgan fingerprint density at radius 2 is 2.00 bits per heavy atom. The third-order valence-corrected chi connectivity index (χ3v) is 4.67. The summed E-state index contributed by atoms with van der Waals surface area (Å²) in [6, 6.07) is 8.78. The van der Waals surface area contributed by atoms with Crippen LogP contribution in [0.4, 0.5) is 5.95 Å². The highest BCUT2D eigenvalue weighted by Gasteiger charge is 2.25. The van der Waals surface area contributed by atoms with Crippen molar-refractivity contribution < 1.29 is 9.32 Å². The van der Waals surface area contributed by atoms with E-state index in [1.165, 1.54) is 11.1 Å². The first-order chi connectivity index (χ1) is 11.5. The average molecular weight is 328 g/mol. The van der Waals surface area contributed by atoms with E-state index in [9.17, 15) is 4.79 Å². The molecule has 0 saturated carbocycles. The number of amides is 1. The number of anilines is 1. The summed E-state index contributed by atoms with van der Waals surface area (Å²) in [6.45, 7) is 0. The monoisotopic (exact) mass is 328 g/mol. The Balaban J connectivity index is 1.55. The van der Waals surface area contributed by atoms with Crippen LogP contribution in [0.5, 0.6) is 0 Å². The Morgan fingerprint density at radius 3 is 2.71 bits per heavy atom. The molecule has 1 amide bonds. The van der Waals surface area contributed by atoms with E-state index in [2.05, 4.69) is 34.4 Å². The predicted octanol–water partition coefficient (Wildman–Crippen LogP) is 2.08. The number of hydrogen-bond acceptors (Lipinski definition) is 5. The minimum atomic E-state index is 0.129. The molecule has 0 bridgehead atoms. The van der Waals surface area contributed by atoms with Crippen LogP contribution in [0.2, 0.25) is 0 Å². The Kier molecular flexibility index (Phi) is 4.83. The lowest BCUT2D eigenvalue weighted by Crippen LogP contribution is -2.40. The van der Waals surface area contributed by atoms with Crippen LogP contribution in [0.25, 0.3) is 0 Å². The minimum Gasteiger partial charge on any atom is -0.344 e. The summed E-state index contributed by atoms with van der Waals surface area (Å²) in [7, 11) is 5.61. The number of hydrogen-bond donors (Lipinski definition) is 0. The van der Waals surface area contributed by atoms with Crippen LogP contribution in [-0.4, -0.2) is 48.1 Å². The van der Waals surface area contributed by atoms with Crippen LogP contribution in [0.3, 0.4) is 0 Å². The molecule has 0 fully saturated rings. The zero-order valence-electron chi connectivity index (χ0n) is 14.5. The number of likely N-dealkylation sites (N-methyl/N-ethyl adjacent to an activating group) is 1. The van der Waals surface area contributed by atoms with Crippen LogP contribution in [0.1, 0.15) is 29.9 Å². The lowest BCUT2D eigenvalue weighted by molar-refractivity contribution is -0.132. The normalized spacial score (nSPS) is 16.5. The molecule has 24 heavy (non-hydrogen) atoms.